The number of carbonyl (C=O) groups excluding carboxylic acids is 4. The second kappa shape index (κ2) is 7.74. The van der Waals surface area contributed by atoms with Crippen LogP contribution in [0.3, 0.4) is 0 Å². The molecule has 5 rings (SSSR count). The fraction of sp³-hybridized carbons (Fsp3) is 0.304. The van der Waals surface area contributed by atoms with E-state index in [1.165, 1.54) is 6.07 Å². The summed E-state index contributed by atoms with van der Waals surface area (Å²) < 4.78 is 20.7. The molecule has 0 spiro atoms. The number of anilines is 1. The number of para-hydroxylation sites is 1. The van der Waals surface area contributed by atoms with Crippen molar-refractivity contribution in [1.29, 1.82) is 0 Å². The Morgan fingerprint density at radius 3 is 2.62 bits per heavy atom. The first-order valence-corrected chi connectivity index (χ1v) is 10.5. The minimum absolute atomic E-state index is 0.0171. The summed E-state index contributed by atoms with van der Waals surface area (Å²) >= 11 is 0. The predicted molar refractivity (Wildman–Crippen MR) is 111 cm³/mol. The van der Waals surface area contributed by atoms with Gasteiger partial charge < -0.3 is 10.1 Å². The van der Waals surface area contributed by atoms with Crippen LogP contribution in [0, 0.1) is 5.82 Å². The average molecular weight is 437 g/mol. The molecule has 3 heterocycles. The van der Waals surface area contributed by atoms with Crippen LogP contribution >= 0.6 is 0 Å². The second-order valence-corrected chi connectivity index (χ2v) is 8.09. The van der Waals surface area contributed by atoms with Crippen LogP contribution in [0.1, 0.15) is 45.5 Å². The van der Waals surface area contributed by atoms with Crippen molar-refractivity contribution in [3.8, 4) is 5.75 Å². The van der Waals surface area contributed by atoms with Gasteiger partial charge in [-0.1, -0.05) is 18.2 Å². The topological polar surface area (TPSA) is 105 Å². The highest BCUT2D eigenvalue weighted by molar-refractivity contribution is 6.25. The third kappa shape index (κ3) is 3.30. The maximum Gasteiger partial charge on any atom is 0.264 e. The molecule has 1 saturated heterocycles. The number of carbonyl (C=O) groups is 4. The number of piperidine rings is 1. The number of hydrogen-bond acceptors (Lipinski definition) is 6. The number of nitrogens with zero attached hydrogens (tertiary/aromatic N) is 1. The molecular weight excluding hydrogens is 417 g/mol. The van der Waals surface area contributed by atoms with Crippen LogP contribution in [0.15, 0.2) is 36.4 Å². The molecule has 9 heteroatoms. The Bertz CT molecular complexity index is 1140. The van der Waals surface area contributed by atoms with Crippen molar-refractivity contribution in [3.05, 3.63) is 58.9 Å². The Kier molecular flexibility index (Phi) is 4.88. The lowest BCUT2D eigenvalue weighted by Crippen LogP contribution is -2.54. The molecule has 32 heavy (non-hydrogen) atoms. The second-order valence-electron chi connectivity index (χ2n) is 8.09. The normalized spacial score (nSPS) is 22.6. The molecule has 0 saturated carbocycles. The maximum atomic E-state index is 14.9. The van der Waals surface area contributed by atoms with Crippen molar-refractivity contribution in [2.75, 3.05) is 11.9 Å². The number of aryl methyl sites for hydroxylation is 1. The monoisotopic (exact) mass is 437 g/mol. The van der Waals surface area contributed by atoms with E-state index in [1.807, 2.05) is 24.3 Å². The summed E-state index contributed by atoms with van der Waals surface area (Å²) in [6.45, 7) is 0.263. The van der Waals surface area contributed by atoms with E-state index in [0.29, 0.717) is 12.8 Å². The van der Waals surface area contributed by atoms with E-state index in [1.54, 1.807) is 0 Å². The van der Waals surface area contributed by atoms with Crippen LogP contribution in [0.5, 0.6) is 5.75 Å². The number of nitrogens with one attached hydrogen (secondary N) is 2. The van der Waals surface area contributed by atoms with Crippen LogP contribution in [-0.4, -0.2) is 47.2 Å². The smallest absolute Gasteiger partial charge is 0.264 e. The molecule has 0 radical (unpaired) electrons. The summed E-state index contributed by atoms with van der Waals surface area (Å²) in [5.74, 6) is -2.49. The first kappa shape index (κ1) is 20.2. The van der Waals surface area contributed by atoms with Crippen molar-refractivity contribution in [3.63, 3.8) is 0 Å². The molecule has 2 aromatic carbocycles. The van der Waals surface area contributed by atoms with Crippen molar-refractivity contribution in [1.82, 2.24) is 10.2 Å². The minimum Gasteiger partial charge on any atom is -0.491 e. The highest BCUT2D eigenvalue weighted by Crippen LogP contribution is 2.35. The highest BCUT2D eigenvalue weighted by Gasteiger charge is 2.46. The van der Waals surface area contributed by atoms with Gasteiger partial charge in [-0.25, -0.2) is 4.39 Å². The molecule has 0 bridgehead atoms. The molecule has 4 amide bonds. The number of imide groups is 2. The summed E-state index contributed by atoms with van der Waals surface area (Å²) in [4.78, 5) is 50.7. The fourth-order valence-electron chi connectivity index (χ4n) is 4.45. The molecule has 2 atom stereocenters. The Hall–Kier alpha value is -3.75. The van der Waals surface area contributed by atoms with Gasteiger partial charge >= 0.3 is 0 Å². The van der Waals surface area contributed by atoms with Crippen LogP contribution < -0.4 is 15.4 Å². The molecule has 164 valence electrons. The first-order chi connectivity index (χ1) is 15.4. The Morgan fingerprint density at radius 2 is 1.81 bits per heavy atom. The minimum atomic E-state index is -1.10. The summed E-state index contributed by atoms with van der Waals surface area (Å²) in [5, 5.41) is 5.21. The number of amides is 4. The van der Waals surface area contributed by atoms with Crippen molar-refractivity contribution in [2.24, 2.45) is 0 Å². The SMILES string of the molecule is O=C1CCC(N2C(=O)c3ccc(F)c(NC4CCc5ccccc5OC4)c3C2=O)C(=O)N1. The lowest BCUT2D eigenvalue weighted by molar-refractivity contribution is -0.136. The quantitative estimate of drug-likeness (QED) is 0.712. The number of halogens is 1. The van der Waals surface area contributed by atoms with Crippen LogP contribution in [-0.2, 0) is 16.0 Å². The molecule has 2 N–H and O–H groups in total. The number of benzene rings is 2. The molecule has 2 aromatic rings. The maximum absolute atomic E-state index is 14.9. The van der Waals surface area contributed by atoms with Gasteiger partial charge in [-0.05, 0) is 43.0 Å². The molecule has 1 fully saturated rings. The molecule has 8 nitrogen and oxygen atoms in total. The number of fused-ring (bicyclic) bond motifs is 2. The number of hydrogen-bond donors (Lipinski definition) is 2. The summed E-state index contributed by atoms with van der Waals surface area (Å²) in [6.07, 6.45) is 1.40. The van der Waals surface area contributed by atoms with E-state index in [9.17, 15) is 23.6 Å². The summed E-state index contributed by atoms with van der Waals surface area (Å²) in [7, 11) is 0. The third-order valence-corrected chi connectivity index (χ3v) is 6.08. The van der Waals surface area contributed by atoms with E-state index in [2.05, 4.69) is 10.6 Å². The molecule has 3 aliphatic rings. The van der Waals surface area contributed by atoms with Gasteiger partial charge in [0.05, 0.1) is 22.9 Å². The van der Waals surface area contributed by atoms with Crippen LogP contribution in [0.25, 0.3) is 0 Å². The van der Waals surface area contributed by atoms with E-state index in [4.69, 9.17) is 4.74 Å². The Labute approximate surface area is 182 Å². The fourth-order valence-corrected chi connectivity index (χ4v) is 4.45. The largest absolute Gasteiger partial charge is 0.491 e. The molecule has 0 aromatic heterocycles. The molecule has 2 unspecified atom stereocenters. The zero-order chi connectivity index (χ0) is 22.4. The van der Waals surface area contributed by atoms with E-state index >= 15 is 0 Å². The van der Waals surface area contributed by atoms with Gasteiger partial charge in [-0.2, -0.15) is 0 Å². The highest BCUT2D eigenvalue weighted by atomic mass is 19.1. The zero-order valence-corrected chi connectivity index (χ0v) is 17.0. The average Bonchev–Trinajstić information content (AvgIpc) is 2.91. The van der Waals surface area contributed by atoms with Gasteiger partial charge in [-0.15, -0.1) is 0 Å². The summed E-state index contributed by atoms with van der Waals surface area (Å²) in [5.41, 5.74) is 0.906. The van der Waals surface area contributed by atoms with Crippen molar-refractivity contribution < 1.29 is 28.3 Å². The van der Waals surface area contributed by atoms with Crippen LogP contribution in [0.4, 0.5) is 10.1 Å². The number of ether oxygens (including phenoxy) is 1. The predicted octanol–water partition coefficient (Wildman–Crippen LogP) is 2.03. The van der Waals surface area contributed by atoms with Gasteiger partial charge in [0.2, 0.25) is 11.8 Å². The third-order valence-electron chi connectivity index (χ3n) is 6.08. The van der Waals surface area contributed by atoms with Gasteiger partial charge in [0.1, 0.15) is 24.2 Å². The molecule has 3 aliphatic heterocycles. The van der Waals surface area contributed by atoms with E-state index in [-0.39, 0.29) is 42.3 Å². The number of rotatable bonds is 3. The van der Waals surface area contributed by atoms with Crippen molar-refractivity contribution in [2.45, 2.75) is 37.8 Å². The molecule has 0 aliphatic carbocycles. The summed E-state index contributed by atoms with van der Waals surface area (Å²) in [6, 6.07) is 8.63. The standard InChI is InChI=1S/C23H20FN3O5/c24-15-8-7-14-19(23(31)27(22(14)30)16-9-10-18(28)26-21(16)29)20(15)25-13-6-5-12-3-1-2-4-17(12)32-11-13/h1-4,7-8,13,16,25H,5-6,9-11H2,(H,26,28,29). The Morgan fingerprint density at radius 1 is 1.00 bits per heavy atom. The first-order valence-electron chi connectivity index (χ1n) is 10.5. The van der Waals surface area contributed by atoms with Gasteiger partial charge in [0.25, 0.3) is 11.8 Å². The lowest BCUT2D eigenvalue weighted by atomic mass is 10.0. The Balaban J connectivity index is 1.43. The van der Waals surface area contributed by atoms with Crippen molar-refractivity contribution >= 4 is 29.3 Å². The van der Waals surface area contributed by atoms with Crippen LogP contribution in [0.2, 0.25) is 0 Å². The van der Waals surface area contributed by atoms with Gasteiger partial charge in [0.15, 0.2) is 0 Å². The van der Waals surface area contributed by atoms with Gasteiger partial charge in [0, 0.05) is 6.42 Å². The van der Waals surface area contributed by atoms with Gasteiger partial charge in [-0.3, -0.25) is 29.4 Å². The molecular formula is C23H20FN3O5. The lowest BCUT2D eigenvalue weighted by Gasteiger charge is -2.28. The van der Waals surface area contributed by atoms with E-state index < -0.39 is 35.5 Å². The zero-order valence-electron chi connectivity index (χ0n) is 17.0. The van der Waals surface area contributed by atoms with E-state index in [0.717, 1.165) is 22.3 Å².